The third-order valence-corrected chi connectivity index (χ3v) is 6.52. The van der Waals surface area contributed by atoms with Crippen LogP contribution in [0.2, 0.25) is 0 Å². The number of aromatic amines is 1. The topological polar surface area (TPSA) is 67.0 Å². The number of aromatic nitrogens is 2. The van der Waals surface area contributed by atoms with Gasteiger partial charge in [-0.1, -0.05) is 42.5 Å². The lowest BCUT2D eigenvalue weighted by atomic mass is 10.0. The van der Waals surface area contributed by atoms with Gasteiger partial charge in [-0.25, -0.2) is 0 Å². The van der Waals surface area contributed by atoms with E-state index in [9.17, 15) is 4.79 Å². The highest BCUT2D eigenvalue weighted by Crippen LogP contribution is 2.35. The first-order valence-corrected chi connectivity index (χ1v) is 10.9. The van der Waals surface area contributed by atoms with Gasteiger partial charge in [0, 0.05) is 35.4 Å². The number of H-pyrrole nitrogens is 1. The summed E-state index contributed by atoms with van der Waals surface area (Å²) in [5.41, 5.74) is 3.74. The minimum Gasteiger partial charge on any atom is -0.488 e. The quantitative estimate of drug-likeness (QED) is 0.446. The lowest BCUT2D eigenvalue weighted by Crippen LogP contribution is -2.34. The molecule has 30 heavy (non-hydrogen) atoms. The first-order chi connectivity index (χ1) is 14.8. The lowest BCUT2D eigenvalue weighted by Gasteiger charge is -2.13. The van der Waals surface area contributed by atoms with Gasteiger partial charge in [0.05, 0.1) is 16.8 Å². The molecule has 4 aromatic rings. The van der Waals surface area contributed by atoms with Gasteiger partial charge in [-0.05, 0) is 29.3 Å². The zero-order valence-corrected chi connectivity index (χ0v) is 17.1. The number of nitrogens with zero attached hydrogens (tertiary/aromatic N) is 1. The molecule has 150 valence electrons. The maximum absolute atomic E-state index is 13.4. The minimum absolute atomic E-state index is 0.0756. The van der Waals surface area contributed by atoms with Crippen LogP contribution in [0.5, 0.6) is 5.75 Å². The van der Waals surface area contributed by atoms with E-state index in [2.05, 4.69) is 15.3 Å². The molecular weight excluding hydrogens is 394 g/mol. The highest BCUT2D eigenvalue weighted by molar-refractivity contribution is 7.99. The molecule has 6 heteroatoms. The number of hydrogen-bond donors (Lipinski definition) is 2. The first-order valence-electron chi connectivity index (χ1n) is 9.88. The van der Waals surface area contributed by atoms with Crippen LogP contribution in [-0.2, 0) is 6.61 Å². The Labute approximate surface area is 178 Å². The van der Waals surface area contributed by atoms with Crippen LogP contribution < -0.4 is 10.1 Å². The molecule has 0 radical (unpaired) electrons. The standard InChI is InChI=1S/C24H21N3O2S/c28-23(20-15-30-24(27-20)17-8-5-11-25-12-17)18-13-26-19-9-4-10-21(22(18)19)29-14-16-6-2-1-3-7-16/h1-13,20,24,26-27H,14-15H2/t20-,24?/m0/s1. The van der Waals surface area contributed by atoms with Crippen LogP contribution in [0.4, 0.5) is 0 Å². The molecule has 1 aliphatic rings. The van der Waals surface area contributed by atoms with Crippen molar-refractivity contribution >= 4 is 28.4 Å². The van der Waals surface area contributed by atoms with Crippen LogP contribution in [0, 0.1) is 0 Å². The summed E-state index contributed by atoms with van der Waals surface area (Å²) in [6, 6.07) is 19.6. The summed E-state index contributed by atoms with van der Waals surface area (Å²) in [7, 11) is 0. The van der Waals surface area contributed by atoms with Crippen molar-refractivity contribution in [2.75, 3.05) is 5.75 Å². The second kappa shape index (κ2) is 8.34. The second-order valence-corrected chi connectivity index (χ2v) is 8.38. The lowest BCUT2D eigenvalue weighted by molar-refractivity contribution is 0.0957. The number of thioether (sulfide) groups is 1. The number of carbonyl (C=O) groups excluding carboxylic acids is 1. The zero-order chi connectivity index (χ0) is 20.3. The Morgan fingerprint density at radius 3 is 2.83 bits per heavy atom. The predicted octanol–water partition coefficient (Wildman–Crippen LogP) is 4.73. The number of fused-ring (bicyclic) bond motifs is 1. The van der Waals surface area contributed by atoms with E-state index in [4.69, 9.17) is 4.74 Å². The summed E-state index contributed by atoms with van der Waals surface area (Å²) in [6.45, 7) is 0.458. The highest BCUT2D eigenvalue weighted by Gasteiger charge is 2.32. The van der Waals surface area contributed by atoms with E-state index in [0.717, 1.165) is 33.5 Å². The van der Waals surface area contributed by atoms with E-state index in [1.54, 1.807) is 24.2 Å². The second-order valence-electron chi connectivity index (χ2n) is 7.24. The fourth-order valence-electron chi connectivity index (χ4n) is 3.74. The zero-order valence-electron chi connectivity index (χ0n) is 16.2. The SMILES string of the molecule is O=C(c1c[nH]c2cccc(OCc3ccccc3)c12)[C@@H]1CSC(c2cccnc2)N1. The molecule has 1 unspecified atom stereocenters. The van der Waals surface area contributed by atoms with Gasteiger partial charge >= 0.3 is 0 Å². The molecule has 2 aromatic heterocycles. The number of carbonyl (C=O) groups is 1. The number of pyridine rings is 1. The van der Waals surface area contributed by atoms with Crippen LogP contribution in [0.15, 0.2) is 79.3 Å². The van der Waals surface area contributed by atoms with E-state index in [1.807, 2.05) is 66.9 Å². The number of hydrogen-bond acceptors (Lipinski definition) is 5. The maximum atomic E-state index is 13.4. The highest BCUT2D eigenvalue weighted by atomic mass is 32.2. The smallest absolute Gasteiger partial charge is 0.182 e. The van der Waals surface area contributed by atoms with Crippen LogP contribution in [0.3, 0.4) is 0 Å². The normalized spacial score (nSPS) is 18.5. The van der Waals surface area contributed by atoms with Gasteiger partial charge in [-0.2, -0.15) is 0 Å². The van der Waals surface area contributed by atoms with Crippen LogP contribution in [0.1, 0.15) is 26.9 Å². The number of rotatable bonds is 6. The molecule has 3 heterocycles. The molecule has 1 fully saturated rings. The van der Waals surface area contributed by atoms with E-state index < -0.39 is 0 Å². The molecule has 2 aromatic carbocycles. The van der Waals surface area contributed by atoms with E-state index in [1.165, 1.54) is 0 Å². The fraction of sp³-hybridized carbons (Fsp3) is 0.167. The van der Waals surface area contributed by atoms with Crippen molar-refractivity contribution in [2.24, 2.45) is 0 Å². The summed E-state index contributed by atoms with van der Waals surface area (Å²) < 4.78 is 6.10. The van der Waals surface area contributed by atoms with Gasteiger partial charge in [0.15, 0.2) is 5.78 Å². The molecule has 0 amide bonds. The molecule has 0 spiro atoms. The number of nitrogens with one attached hydrogen (secondary N) is 2. The predicted molar refractivity (Wildman–Crippen MR) is 120 cm³/mol. The van der Waals surface area contributed by atoms with Crippen molar-refractivity contribution < 1.29 is 9.53 Å². The summed E-state index contributed by atoms with van der Waals surface area (Å²) in [4.78, 5) is 20.8. The Bertz CT molecular complexity index is 1160. The van der Waals surface area contributed by atoms with Crippen molar-refractivity contribution in [3.05, 3.63) is 95.9 Å². The fourth-order valence-corrected chi connectivity index (χ4v) is 4.96. The Hall–Kier alpha value is -3.09. The molecule has 0 aliphatic carbocycles. The van der Waals surface area contributed by atoms with Gasteiger partial charge in [0.25, 0.3) is 0 Å². The molecule has 1 saturated heterocycles. The molecular formula is C24H21N3O2S. The van der Waals surface area contributed by atoms with Crippen molar-refractivity contribution in [3.8, 4) is 5.75 Å². The molecule has 5 rings (SSSR count). The molecule has 2 N–H and O–H groups in total. The molecule has 5 nitrogen and oxygen atoms in total. The van der Waals surface area contributed by atoms with Crippen molar-refractivity contribution in [1.29, 1.82) is 0 Å². The average molecular weight is 416 g/mol. The summed E-state index contributed by atoms with van der Waals surface area (Å²) in [5.74, 6) is 1.52. The summed E-state index contributed by atoms with van der Waals surface area (Å²) >= 11 is 1.73. The van der Waals surface area contributed by atoms with Crippen LogP contribution in [0.25, 0.3) is 10.9 Å². The number of ether oxygens (including phenoxy) is 1. The Morgan fingerprint density at radius 1 is 1.10 bits per heavy atom. The van der Waals surface area contributed by atoms with Crippen molar-refractivity contribution in [1.82, 2.24) is 15.3 Å². The summed E-state index contributed by atoms with van der Waals surface area (Å²) in [6.07, 6.45) is 5.40. The van der Waals surface area contributed by atoms with Crippen LogP contribution in [-0.4, -0.2) is 27.5 Å². The van der Waals surface area contributed by atoms with Gasteiger partial charge in [-0.15, -0.1) is 11.8 Å². The minimum atomic E-state index is -0.249. The van der Waals surface area contributed by atoms with Gasteiger partial charge in [-0.3, -0.25) is 15.1 Å². The number of benzene rings is 2. The van der Waals surface area contributed by atoms with E-state index >= 15 is 0 Å². The third-order valence-electron chi connectivity index (χ3n) is 5.26. The third kappa shape index (κ3) is 3.72. The van der Waals surface area contributed by atoms with E-state index in [-0.39, 0.29) is 17.2 Å². The summed E-state index contributed by atoms with van der Waals surface area (Å²) in [5, 5.41) is 4.37. The van der Waals surface area contributed by atoms with Crippen molar-refractivity contribution in [3.63, 3.8) is 0 Å². The first kappa shape index (κ1) is 18.9. The molecule has 0 bridgehead atoms. The average Bonchev–Trinajstić information content (AvgIpc) is 3.47. The van der Waals surface area contributed by atoms with Gasteiger partial charge in [0.2, 0.25) is 0 Å². The van der Waals surface area contributed by atoms with Crippen molar-refractivity contribution in [2.45, 2.75) is 18.0 Å². The Balaban J connectivity index is 1.38. The molecule has 1 aliphatic heterocycles. The van der Waals surface area contributed by atoms with Gasteiger partial charge in [0.1, 0.15) is 12.4 Å². The number of Topliss-reactive ketones (excluding diaryl/α,β-unsaturated/α-hetero) is 1. The molecule has 2 atom stereocenters. The monoisotopic (exact) mass is 415 g/mol. The van der Waals surface area contributed by atoms with E-state index in [0.29, 0.717) is 12.2 Å². The maximum Gasteiger partial charge on any atom is 0.182 e. The Morgan fingerprint density at radius 2 is 2.00 bits per heavy atom. The van der Waals surface area contributed by atoms with Gasteiger partial charge < -0.3 is 9.72 Å². The number of ketones is 1. The largest absolute Gasteiger partial charge is 0.488 e. The van der Waals surface area contributed by atoms with Crippen LogP contribution >= 0.6 is 11.8 Å². The Kier molecular flexibility index (Phi) is 5.26. The molecule has 0 saturated carbocycles.